The number of nitrogens with zero attached hydrogens (tertiary/aromatic N) is 2. The minimum absolute atomic E-state index is 0.131. The third kappa shape index (κ3) is 3.56. The molecule has 1 aliphatic heterocycles. The van der Waals surface area contributed by atoms with Crippen LogP contribution < -0.4 is 10.6 Å². The third-order valence-corrected chi connectivity index (χ3v) is 5.78. The lowest BCUT2D eigenvalue weighted by Gasteiger charge is -2.22. The normalized spacial score (nSPS) is 16.1. The smallest absolute Gasteiger partial charge is 0.257 e. The molecule has 1 aliphatic rings. The molecule has 0 atom stereocenters. The minimum atomic E-state index is -0.131. The van der Waals surface area contributed by atoms with Crippen molar-refractivity contribution >= 4 is 54.8 Å². The molecule has 0 unspecified atom stereocenters. The van der Waals surface area contributed by atoms with Crippen LogP contribution in [0.25, 0.3) is 0 Å². The van der Waals surface area contributed by atoms with Crippen LogP contribution in [0.15, 0.2) is 26.0 Å². The zero-order valence-corrected chi connectivity index (χ0v) is 15.1. The molecule has 0 saturated carbocycles. The zero-order chi connectivity index (χ0) is 14.8. The van der Waals surface area contributed by atoms with E-state index in [1.165, 1.54) is 11.3 Å². The minimum Gasteiger partial charge on any atom is -0.319 e. The number of rotatable bonds is 3. The van der Waals surface area contributed by atoms with Gasteiger partial charge in [-0.3, -0.25) is 9.48 Å². The van der Waals surface area contributed by atoms with Crippen molar-refractivity contribution in [1.82, 2.24) is 15.1 Å². The molecule has 0 bridgehead atoms. The molecule has 2 aromatic rings. The Kier molecular flexibility index (Phi) is 4.78. The van der Waals surface area contributed by atoms with Crippen LogP contribution in [0.2, 0.25) is 0 Å². The van der Waals surface area contributed by atoms with Gasteiger partial charge in [-0.2, -0.15) is 5.10 Å². The van der Waals surface area contributed by atoms with Crippen LogP contribution in [-0.2, 0) is 0 Å². The van der Waals surface area contributed by atoms with E-state index in [0.29, 0.717) is 11.6 Å². The summed E-state index contributed by atoms with van der Waals surface area (Å²) in [5, 5.41) is 10.6. The van der Waals surface area contributed by atoms with E-state index >= 15 is 0 Å². The van der Waals surface area contributed by atoms with Gasteiger partial charge in [0.1, 0.15) is 0 Å². The molecule has 0 radical (unpaired) electrons. The summed E-state index contributed by atoms with van der Waals surface area (Å²) in [6.07, 6.45) is 5.74. The highest BCUT2D eigenvalue weighted by atomic mass is 79.9. The summed E-state index contributed by atoms with van der Waals surface area (Å²) < 4.78 is 3.69. The van der Waals surface area contributed by atoms with Crippen molar-refractivity contribution in [2.45, 2.75) is 18.9 Å². The Bertz CT molecular complexity index is 648. The fraction of sp³-hybridized carbons (Fsp3) is 0.385. The number of carbonyl (C=O) groups excluding carboxylic acids is 1. The SMILES string of the molecule is O=C(Nc1cnn(C2CCNCC2)c1)c1cc(Br)sc1Br. The first kappa shape index (κ1) is 15.2. The first-order valence-corrected chi connectivity index (χ1v) is 9.05. The predicted octanol–water partition coefficient (Wildman–Crippen LogP) is 3.65. The first-order chi connectivity index (χ1) is 10.1. The standard InChI is InChI=1S/C13H14Br2N4OS/c14-11-5-10(12(15)21-11)13(20)18-8-6-17-19(7-8)9-1-3-16-4-2-9/h5-7,9,16H,1-4H2,(H,18,20). The number of amides is 1. The molecule has 0 spiro atoms. The van der Waals surface area contributed by atoms with Gasteiger partial charge in [0, 0.05) is 6.20 Å². The van der Waals surface area contributed by atoms with Gasteiger partial charge in [-0.1, -0.05) is 0 Å². The van der Waals surface area contributed by atoms with E-state index in [1.807, 2.05) is 10.9 Å². The average Bonchev–Trinajstić information content (AvgIpc) is 3.06. The van der Waals surface area contributed by atoms with Crippen molar-refractivity contribution in [3.05, 3.63) is 31.6 Å². The Morgan fingerprint density at radius 3 is 2.86 bits per heavy atom. The largest absolute Gasteiger partial charge is 0.319 e. The molecule has 5 nitrogen and oxygen atoms in total. The lowest BCUT2D eigenvalue weighted by atomic mass is 10.1. The lowest BCUT2D eigenvalue weighted by molar-refractivity contribution is 0.102. The van der Waals surface area contributed by atoms with Crippen molar-refractivity contribution in [3.8, 4) is 0 Å². The highest BCUT2D eigenvalue weighted by molar-refractivity contribution is 9.12. The predicted molar refractivity (Wildman–Crippen MR) is 91.0 cm³/mol. The van der Waals surface area contributed by atoms with Gasteiger partial charge in [0.15, 0.2) is 0 Å². The topological polar surface area (TPSA) is 59.0 Å². The highest BCUT2D eigenvalue weighted by Crippen LogP contribution is 2.32. The van der Waals surface area contributed by atoms with E-state index < -0.39 is 0 Å². The molecule has 1 fully saturated rings. The van der Waals surface area contributed by atoms with Crippen LogP contribution in [0.4, 0.5) is 5.69 Å². The van der Waals surface area contributed by atoms with Crippen molar-refractivity contribution in [1.29, 1.82) is 0 Å². The molecular formula is C13H14Br2N4OS. The van der Waals surface area contributed by atoms with E-state index in [0.717, 1.165) is 39.2 Å². The Hall–Kier alpha value is -0.700. The molecular weight excluding hydrogens is 420 g/mol. The number of hydrogen-bond acceptors (Lipinski definition) is 4. The van der Waals surface area contributed by atoms with Crippen molar-refractivity contribution in [3.63, 3.8) is 0 Å². The van der Waals surface area contributed by atoms with Crippen molar-refractivity contribution in [2.75, 3.05) is 18.4 Å². The first-order valence-electron chi connectivity index (χ1n) is 6.64. The van der Waals surface area contributed by atoms with Crippen molar-refractivity contribution in [2.24, 2.45) is 0 Å². The van der Waals surface area contributed by atoms with E-state index in [1.54, 1.807) is 12.3 Å². The molecule has 0 aromatic carbocycles. The Morgan fingerprint density at radius 2 is 2.19 bits per heavy atom. The van der Waals surface area contributed by atoms with Crippen LogP contribution in [0.1, 0.15) is 29.2 Å². The van der Waals surface area contributed by atoms with Gasteiger partial charge in [0.25, 0.3) is 5.91 Å². The molecule has 112 valence electrons. The maximum absolute atomic E-state index is 12.2. The van der Waals surface area contributed by atoms with Gasteiger partial charge in [-0.05, 0) is 63.9 Å². The molecule has 2 N–H and O–H groups in total. The summed E-state index contributed by atoms with van der Waals surface area (Å²) in [6, 6.07) is 2.22. The van der Waals surface area contributed by atoms with Crippen LogP contribution in [0, 0.1) is 0 Å². The number of carbonyl (C=O) groups is 1. The summed E-state index contributed by atoms with van der Waals surface area (Å²) >= 11 is 8.26. The molecule has 3 rings (SSSR count). The van der Waals surface area contributed by atoms with Crippen LogP contribution in [-0.4, -0.2) is 28.8 Å². The number of aromatic nitrogens is 2. The summed E-state index contributed by atoms with van der Waals surface area (Å²) in [7, 11) is 0. The number of nitrogens with one attached hydrogen (secondary N) is 2. The maximum Gasteiger partial charge on any atom is 0.257 e. The fourth-order valence-electron chi connectivity index (χ4n) is 2.37. The Balaban J connectivity index is 1.69. The molecule has 21 heavy (non-hydrogen) atoms. The molecule has 3 heterocycles. The lowest BCUT2D eigenvalue weighted by Crippen LogP contribution is -2.29. The van der Waals surface area contributed by atoms with Gasteiger partial charge >= 0.3 is 0 Å². The van der Waals surface area contributed by atoms with Crippen LogP contribution >= 0.6 is 43.2 Å². The maximum atomic E-state index is 12.2. The summed E-state index contributed by atoms with van der Waals surface area (Å²) in [4.78, 5) is 12.2. The van der Waals surface area contributed by atoms with E-state index in [2.05, 4.69) is 47.6 Å². The van der Waals surface area contributed by atoms with Crippen LogP contribution in [0.5, 0.6) is 0 Å². The summed E-state index contributed by atoms with van der Waals surface area (Å²) in [5.74, 6) is -0.131. The van der Waals surface area contributed by atoms with Gasteiger partial charge < -0.3 is 10.6 Å². The van der Waals surface area contributed by atoms with E-state index in [-0.39, 0.29) is 5.91 Å². The molecule has 2 aromatic heterocycles. The molecule has 1 amide bonds. The Labute approximate surface area is 143 Å². The number of halogens is 2. The van der Waals surface area contributed by atoms with Gasteiger partial charge in [-0.25, -0.2) is 0 Å². The second-order valence-corrected chi connectivity index (χ2v) is 8.63. The second-order valence-electron chi connectivity index (χ2n) is 4.88. The average molecular weight is 434 g/mol. The fourth-order valence-corrected chi connectivity index (χ4v) is 5.16. The number of thiophene rings is 1. The number of hydrogen-bond donors (Lipinski definition) is 2. The summed E-state index contributed by atoms with van der Waals surface area (Å²) in [6.45, 7) is 2.03. The zero-order valence-electron chi connectivity index (χ0n) is 11.1. The van der Waals surface area contributed by atoms with E-state index in [4.69, 9.17) is 0 Å². The molecule has 8 heteroatoms. The van der Waals surface area contributed by atoms with Gasteiger partial charge in [0.2, 0.25) is 0 Å². The van der Waals surface area contributed by atoms with Gasteiger partial charge in [0.05, 0.1) is 31.1 Å². The Morgan fingerprint density at radius 1 is 1.43 bits per heavy atom. The number of piperidine rings is 1. The highest BCUT2D eigenvalue weighted by Gasteiger charge is 2.18. The van der Waals surface area contributed by atoms with Gasteiger partial charge in [-0.15, -0.1) is 11.3 Å². The molecule has 0 aliphatic carbocycles. The monoisotopic (exact) mass is 432 g/mol. The number of anilines is 1. The summed E-state index contributed by atoms with van der Waals surface area (Å²) in [5.41, 5.74) is 1.36. The van der Waals surface area contributed by atoms with Crippen molar-refractivity contribution < 1.29 is 4.79 Å². The molecule has 1 saturated heterocycles. The van der Waals surface area contributed by atoms with E-state index in [9.17, 15) is 4.79 Å². The third-order valence-electron chi connectivity index (χ3n) is 3.44. The van der Waals surface area contributed by atoms with Crippen LogP contribution in [0.3, 0.4) is 0 Å². The second kappa shape index (κ2) is 6.60. The quantitative estimate of drug-likeness (QED) is 0.776.